The van der Waals surface area contributed by atoms with Crippen LogP contribution < -0.4 is 16.4 Å². The van der Waals surface area contributed by atoms with Crippen molar-refractivity contribution in [3.63, 3.8) is 0 Å². The average Bonchev–Trinajstić information content (AvgIpc) is 3.30. The predicted octanol–water partition coefficient (Wildman–Crippen LogP) is -1.50. The molecule has 6 N–H and O–H groups in total. The van der Waals surface area contributed by atoms with Crippen LogP contribution in [-0.4, -0.2) is 89.6 Å². The van der Waals surface area contributed by atoms with E-state index in [4.69, 9.17) is 10.6 Å². The monoisotopic (exact) mass is 583 g/mol. The van der Waals surface area contributed by atoms with E-state index in [2.05, 4.69) is 31.0 Å². The molecule has 0 aromatic carbocycles. The Kier molecular flexibility index (Phi) is 6.99. The van der Waals surface area contributed by atoms with E-state index in [-0.39, 0.29) is 34.5 Å². The van der Waals surface area contributed by atoms with Crippen LogP contribution in [0.3, 0.4) is 0 Å². The van der Waals surface area contributed by atoms with Crippen molar-refractivity contribution in [1.82, 2.24) is 34.9 Å². The topological polar surface area (TPSA) is 244 Å². The highest BCUT2D eigenvalue weighted by Gasteiger charge is 2.56. The van der Waals surface area contributed by atoms with Crippen LogP contribution in [0.2, 0.25) is 0 Å². The number of hydrogen-bond donors (Lipinski definition) is 5. The van der Waals surface area contributed by atoms with Crippen molar-refractivity contribution in [3.05, 3.63) is 23.0 Å². The van der Waals surface area contributed by atoms with Crippen LogP contribution in [0.4, 0.5) is 5.13 Å². The first-order chi connectivity index (χ1) is 18.5. The summed E-state index contributed by atoms with van der Waals surface area (Å²) < 4.78 is 33.6. The molecule has 0 radical (unpaired) electrons. The second kappa shape index (κ2) is 10.1. The molecule has 3 fully saturated rings. The molecule has 17 nitrogen and oxygen atoms in total. The highest BCUT2D eigenvalue weighted by Crippen LogP contribution is 2.40. The molecule has 2 aliphatic carbocycles. The summed E-state index contributed by atoms with van der Waals surface area (Å²) in [5.41, 5.74) is 4.17. The quantitative estimate of drug-likeness (QED) is 0.0827. The van der Waals surface area contributed by atoms with Crippen LogP contribution in [0, 0.1) is 0 Å². The first kappa shape index (κ1) is 26.9. The molecule has 0 bridgehead atoms. The number of oxime groups is 1. The number of nitrogens with zero attached hydrogens (tertiary/aromatic N) is 6. The Morgan fingerprint density at radius 1 is 1.33 bits per heavy atom. The third-order valence-corrected chi connectivity index (χ3v) is 8.32. The fraction of sp³-hybridized carbons (Fsp3) is 0.550. The molecule has 2 saturated carbocycles. The minimum atomic E-state index is -4.96. The van der Waals surface area contributed by atoms with Gasteiger partial charge in [0.15, 0.2) is 10.8 Å². The summed E-state index contributed by atoms with van der Waals surface area (Å²) >= 11 is 0.985. The average molecular weight is 584 g/mol. The number of carbonyl (C=O) groups is 3. The van der Waals surface area contributed by atoms with Gasteiger partial charge in [-0.3, -0.25) is 14.1 Å². The summed E-state index contributed by atoms with van der Waals surface area (Å²) in [6.45, 7) is 0.180. The molecule has 210 valence electrons. The predicted molar refractivity (Wildman–Crippen MR) is 132 cm³/mol. The van der Waals surface area contributed by atoms with Crippen LogP contribution in [0.25, 0.3) is 0 Å². The number of nitrogens with two attached hydrogens (primary N) is 1. The number of rotatable bonds is 12. The Bertz CT molecular complexity index is 1430. The molecule has 2 aromatic rings. The molecular weight excluding hydrogens is 558 g/mol. The van der Waals surface area contributed by atoms with E-state index in [1.165, 1.54) is 11.6 Å². The lowest BCUT2D eigenvalue weighted by atomic mass is 9.93. The fourth-order valence-corrected chi connectivity index (χ4v) is 5.49. The van der Waals surface area contributed by atoms with Crippen molar-refractivity contribution in [2.75, 3.05) is 5.73 Å². The van der Waals surface area contributed by atoms with Crippen molar-refractivity contribution < 1.29 is 37.3 Å². The standard InChI is InChI=1S/C20H25N9O8S2/c21-19-24-12(9-38-19)14(27-37-20(4-5-20)18(32)33)16(30)25-15-13(29(17(15)31)39(34,35)36)8-28-23-7-11(26-28)6-22-10-2-1-3-10/h7,9-10,13,15,22H,1-6,8H2,(H2,21,24)(H,25,30)(H,32,33)(H,34,35,36)/b27-14-. The van der Waals surface area contributed by atoms with Crippen LogP contribution in [0.5, 0.6) is 0 Å². The van der Waals surface area contributed by atoms with E-state index < -0.39 is 51.5 Å². The smallest absolute Gasteiger partial charge is 0.362 e. The van der Waals surface area contributed by atoms with Crippen molar-refractivity contribution in [1.29, 1.82) is 0 Å². The summed E-state index contributed by atoms with van der Waals surface area (Å²) in [5, 5.41) is 28.6. The normalized spacial score (nSPS) is 22.6. The summed E-state index contributed by atoms with van der Waals surface area (Å²) in [7, 11) is -4.96. The van der Waals surface area contributed by atoms with Crippen LogP contribution in [-0.2, 0) is 42.6 Å². The highest BCUT2D eigenvalue weighted by molar-refractivity contribution is 7.84. The summed E-state index contributed by atoms with van der Waals surface area (Å²) in [6.07, 6.45) is 5.16. The molecule has 1 saturated heterocycles. The maximum absolute atomic E-state index is 13.2. The highest BCUT2D eigenvalue weighted by atomic mass is 32.2. The van der Waals surface area contributed by atoms with Gasteiger partial charge in [0, 0.05) is 30.8 Å². The van der Waals surface area contributed by atoms with Gasteiger partial charge in [-0.2, -0.15) is 23.4 Å². The van der Waals surface area contributed by atoms with Gasteiger partial charge in [0.1, 0.15) is 17.8 Å². The molecule has 0 spiro atoms. The lowest BCUT2D eigenvalue weighted by Gasteiger charge is -2.43. The number of carboxylic acids is 1. The van der Waals surface area contributed by atoms with Gasteiger partial charge in [0.2, 0.25) is 5.60 Å². The largest absolute Gasteiger partial charge is 0.478 e. The van der Waals surface area contributed by atoms with E-state index in [1.54, 1.807) is 0 Å². The molecule has 5 rings (SSSR count). The number of aliphatic carboxylic acids is 1. The van der Waals surface area contributed by atoms with Crippen LogP contribution >= 0.6 is 11.3 Å². The number of nitrogens with one attached hydrogen (secondary N) is 2. The van der Waals surface area contributed by atoms with Crippen molar-refractivity contribution >= 4 is 50.3 Å². The number of hydrogen-bond acceptors (Lipinski definition) is 13. The summed E-state index contributed by atoms with van der Waals surface area (Å²) in [5.74, 6) is -3.36. The second-order valence-corrected chi connectivity index (χ2v) is 11.6. The zero-order valence-electron chi connectivity index (χ0n) is 20.3. The Morgan fingerprint density at radius 3 is 2.64 bits per heavy atom. The second-order valence-electron chi connectivity index (χ2n) is 9.43. The van der Waals surface area contributed by atoms with Crippen molar-refractivity contribution in [3.8, 4) is 0 Å². The third kappa shape index (κ3) is 5.56. The maximum atomic E-state index is 13.2. The van der Waals surface area contributed by atoms with E-state index in [0.717, 1.165) is 35.4 Å². The van der Waals surface area contributed by atoms with Crippen molar-refractivity contribution in [2.24, 2.45) is 5.16 Å². The Hall–Kier alpha value is -3.68. The minimum absolute atomic E-state index is 0.0384. The molecule has 2 amide bonds. The van der Waals surface area contributed by atoms with Crippen LogP contribution in [0.15, 0.2) is 16.7 Å². The Balaban J connectivity index is 1.33. The molecule has 39 heavy (non-hydrogen) atoms. The SMILES string of the molecule is Nc1nc(/C(=N/OC2(C(=O)O)CC2)C(=O)NC2C(=O)N(S(=O)(=O)O)C2Cn2ncc(CNC3CCC3)n2)cs1. The number of β-lactam (4-membered cyclic amide) rings is 1. The number of anilines is 1. The lowest BCUT2D eigenvalue weighted by molar-refractivity contribution is -0.153. The number of aromatic nitrogens is 4. The molecule has 1 aliphatic heterocycles. The number of carboxylic acid groups (broad SMARTS) is 1. The molecule has 19 heteroatoms. The molecular formula is C20H25N9O8S2. The minimum Gasteiger partial charge on any atom is -0.478 e. The number of thiazole rings is 1. The van der Waals surface area contributed by atoms with E-state index in [0.29, 0.717) is 18.3 Å². The molecule has 2 atom stereocenters. The summed E-state index contributed by atoms with van der Waals surface area (Å²) in [4.78, 5) is 47.6. The van der Waals surface area contributed by atoms with E-state index in [9.17, 15) is 32.5 Å². The number of nitrogen functional groups attached to an aromatic ring is 1. The summed E-state index contributed by atoms with van der Waals surface area (Å²) in [6, 6.07) is -2.28. The van der Waals surface area contributed by atoms with Gasteiger partial charge in [0.25, 0.3) is 11.8 Å². The number of amides is 2. The van der Waals surface area contributed by atoms with Gasteiger partial charge in [-0.15, -0.1) is 11.3 Å². The van der Waals surface area contributed by atoms with Gasteiger partial charge >= 0.3 is 16.3 Å². The van der Waals surface area contributed by atoms with Crippen molar-refractivity contribution in [2.45, 2.75) is 68.9 Å². The van der Waals surface area contributed by atoms with Gasteiger partial charge in [0.05, 0.1) is 18.4 Å². The lowest BCUT2D eigenvalue weighted by Crippen LogP contribution is -2.73. The van der Waals surface area contributed by atoms with Gasteiger partial charge < -0.3 is 26.3 Å². The van der Waals surface area contributed by atoms with E-state index >= 15 is 0 Å². The molecule has 3 aliphatic rings. The van der Waals surface area contributed by atoms with E-state index in [1.807, 2.05) is 0 Å². The fourth-order valence-electron chi connectivity index (χ4n) is 4.07. The molecule has 2 unspecified atom stereocenters. The zero-order valence-corrected chi connectivity index (χ0v) is 21.9. The Morgan fingerprint density at radius 2 is 2.08 bits per heavy atom. The third-order valence-electron chi connectivity index (χ3n) is 6.70. The van der Waals surface area contributed by atoms with Gasteiger partial charge in [-0.1, -0.05) is 11.6 Å². The van der Waals surface area contributed by atoms with Gasteiger partial charge in [-0.25, -0.2) is 14.1 Å². The first-order valence-corrected chi connectivity index (χ1v) is 14.2. The maximum Gasteiger partial charge on any atom is 0.362 e. The van der Waals surface area contributed by atoms with Gasteiger partial charge in [-0.05, 0) is 12.8 Å². The zero-order chi connectivity index (χ0) is 27.9. The number of carbonyl (C=O) groups excluding carboxylic acids is 2. The molecule has 2 aromatic heterocycles. The Labute approximate surface area is 225 Å². The van der Waals surface area contributed by atoms with Crippen LogP contribution in [0.1, 0.15) is 43.5 Å². The molecule has 3 heterocycles. The first-order valence-electron chi connectivity index (χ1n) is 11.9.